The largest absolute Gasteiger partial charge is 0.462 e. The van der Waals surface area contributed by atoms with E-state index >= 15 is 0 Å². The van der Waals surface area contributed by atoms with Crippen LogP contribution < -0.4 is 4.90 Å². The van der Waals surface area contributed by atoms with Crippen LogP contribution in [0, 0.1) is 23.2 Å². The van der Waals surface area contributed by atoms with Crippen molar-refractivity contribution in [2.45, 2.75) is 65.5 Å². The average molecular weight is 489 g/mol. The molecule has 36 heavy (non-hydrogen) atoms. The molecule has 4 aliphatic rings. The Morgan fingerprint density at radius 3 is 2.22 bits per heavy atom. The van der Waals surface area contributed by atoms with E-state index in [0.717, 1.165) is 43.6 Å². The van der Waals surface area contributed by atoms with Crippen molar-refractivity contribution in [3.05, 3.63) is 65.7 Å². The summed E-state index contributed by atoms with van der Waals surface area (Å²) >= 11 is 0. The molecule has 0 aromatic heterocycles. The van der Waals surface area contributed by atoms with Crippen molar-refractivity contribution in [1.82, 2.24) is 4.90 Å². The standard InChI is InChI=1S/C31H40N2O3/c1-5-36-30(35)23-11-13-25(14-12-23)32-17-15-26(16-18-32)33(29(34)22-9-7-6-8-10-22)28-20-24-19-27(21(28)2)31(24,3)4/h6-14,21,24,26-28H,5,15-20H2,1-4H3/t21-,24+,27+,28+/m1/s1. The molecule has 5 nitrogen and oxygen atoms in total. The van der Waals surface area contributed by atoms with Gasteiger partial charge in [0.2, 0.25) is 0 Å². The number of fused-ring (bicyclic) bond motifs is 2. The molecule has 3 aliphatic carbocycles. The Kier molecular flexibility index (Phi) is 6.84. The molecule has 0 spiro atoms. The Bertz CT molecular complexity index is 1070. The number of ether oxygens (including phenoxy) is 1. The topological polar surface area (TPSA) is 49.9 Å². The van der Waals surface area contributed by atoms with Gasteiger partial charge < -0.3 is 14.5 Å². The number of benzene rings is 2. The van der Waals surface area contributed by atoms with Gasteiger partial charge in [0.1, 0.15) is 0 Å². The number of hydrogen-bond donors (Lipinski definition) is 0. The van der Waals surface area contributed by atoms with Gasteiger partial charge >= 0.3 is 5.97 Å². The maximum Gasteiger partial charge on any atom is 0.338 e. The van der Waals surface area contributed by atoms with Crippen molar-refractivity contribution >= 4 is 17.6 Å². The normalized spacial score (nSPS) is 27.2. The number of carbonyl (C=O) groups excluding carboxylic acids is 2. The van der Waals surface area contributed by atoms with Gasteiger partial charge in [0, 0.05) is 36.4 Å². The van der Waals surface area contributed by atoms with Crippen LogP contribution in [-0.4, -0.2) is 48.6 Å². The molecule has 192 valence electrons. The van der Waals surface area contributed by atoms with Gasteiger partial charge in [-0.15, -0.1) is 0 Å². The van der Waals surface area contributed by atoms with E-state index in [1.54, 1.807) is 0 Å². The molecule has 4 fully saturated rings. The van der Waals surface area contributed by atoms with Gasteiger partial charge in [-0.3, -0.25) is 4.79 Å². The van der Waals surface area contributed by atoms with Crippen LogP contribution in [0.15, 0.2) is 54.6 Å². The Morgan fingerprint density at radius 1 is 0.972 bits per heavy atom. The first kappa shape index (κ1) is 24.9. The SMILES string of the molecule is CCOC(=O)c1ccc(N2CCC(N(C(=O)c3ccccc3)[C@H]3C[C@@H]4C[C@@H]([C@H]3C)C4(C)C)CC2)cc1. The van der Waals surface area contributed by atoms with Crippen LogP contribution in [-0.2, 0) is 4.74 Å². The summed E-state index contributed by atoms with van der Waals surface area (Å²) in [6.45, 7) is 11.2. The van der Waals surface area contributed by atoms with Crippen LogP contribution in [0.25, 0.3) is 0 Å². The maximum atomic E-state index is 13.9. The molecule has 3 saturated carbocycles. The third-order valence-corrected chi connectivity index (χ3v) is 9.53. The van der Waals surface area contributed by atoms with Crippen molar-refractivity contribution in [3.8, 4) is 0 Å². The van der Waals surface area contributed by atoms with E-state index in [1.165, 1.54) is 6.42 Å². The number of piperidine rings is 1. The molecule has 0 N–H and O–H groups in total. The minimum absolute atomic E-state index is 0.198. The fourth-order valence-electron chi connectivity index (χ4n) is 7.23. The number of anilines is 1. The zero-order valence-corrected chi connectivity index (χ0v) is 22.2. The maximum absolute atomic E-state index is 13.9. The van der Waals surface area contributed by atoms with Crippen LogP contribution >= 0.6 is 0 Å². The predicted molar refractivity (Wildman–Crippen MR) is 143 cm³/mol. The smallest absolute Gasteiger partial charge is 0.338 e. The highest BCUT2D eigenvalue weighted by molar-refractivity contribution is 5.94. The van der Waals surface area contributed by atoms with Crippen LogP contribution in [0.1, 0.15) is 74.1 Å². The summed E-state index contributed by atoms with van der Waals surface area (Å²) in [6.07, 6.45) is 4.36. The molecular formula is C31H40N2O3. The Labute approximate surface area is 215 Å². The highest BCUT2D eigenvalue weighted by Crippen LogP contribution is 2.62. The number of amides is 1. The monoisotopic (exact) mass is 488 g/mol. The summed E-state index contributed by atoms with van der Waals surface area (Å²) in [5.74, 6) is 1.86. The minimum atomic E-state index is -0.277. The summed E-state index contributed by atoms with van der Waals surface area (Å²) < 4.78 is 5.11. The lowest BCUT2D eigenvalue weighted by Gasteiger charge is -2.64. The van der Waals surface area contributed by atoms with Crippen LogP contribution in [0.5, 0.6) is 0 Å². The molecule has 0 radical (unpaired) electrons. The van der Waals surface area contributed by atoms with Gasteiger partial charge in [0.15, 0.2) is 0 Å². The second-order valence-corrected chi connectivity index (χ2v) is 11.6. The molecule has 1 aliphatic heterocycles. The number of nitrogens with zero attached hydrogens (tertiary/aromatic N) is 2. The van der Waals surface area contributed by atoms with Crippen LogP contribution in [0.3, 0.4) is 0 Å². The first-order chi connectivity index (χ1) is 17.3. The van der Waals surface area contributed by atoms with E-state index in [-0.39, 0.29) is 17.9 Å². The van der Waals surface area contributed by atoms with Crippen LogP contribution in [0.4, 0.5) is 5.69 Å². The second kappa shape index (κ2) is 9.91. The average Bonchev–Trinajstić information content (AvgIpc) is 2.90. The van der Waals surface area contributed by atoms with Crippen LogP contribution in [0.2, 0.25) is 0 Å². The molecule has 5 heteroatoms. The van der Waals surface area contributed by atoms with E-state index in [4.69, 9.17) is 4.74 Å². The predicted octanol–water partition coefficient (Wildman–Crippen LogP) is 6.05. The fourth-order valence-corrected chi connectivity index (χ4v) is 7.23. The number of rotatable bonds is 6. The summed E-state index contributed by atoms with van der Waals surface area (Å²) in [4.78, 5) is 30.6. The Morgan fingerprint density at radius 2 is 1.64 bits per heavy atom. The molecule has 0 unspecified atom stereocenters. The number of esters is 1. The first-order valence-electron chi connectivity index (χ1n) is 13.7. The van der Waals surface area contributed by atoms with Crippen molar-refractivity contribution < 1.29 is 14.3 Å². The molecule has 2 bridgehead atoms. The molecule has 4 atom stereocenters. The van der Waals surface area contributed by atoms with E-state index in [0.29, 0.717) is 41.4 Å². The van der Waals surface area contributed by atoms with E-state index in [2.05, 4.69) is 30.6 Å². The lowest BCUT2D eigenvalue weighted by molar-refractivity contribution is -0.137. The summed E-state index contributed by atoms with van der Waals surface area (Å²) in [5, 5.41) is 0. The van der Waals surface area contributed by atoms with E-state index in [1.807, 2.05) is 61.5 Å². The summed E-state index contributed by atoms with van der Waals surface area (Å²) in [6, 6.07) is 18.1. The third kappa shape index (κ3) is 4.42. The highest BCUT2D eigenvalue weighted by atomic mass is 16.5. The molecule has 2 aromatic carbocycles. The van der Waals surface area contributed by atoms with Gasteiger partial charge in [0.25, 0.3) is 5.91 Å². The lowest BCUT2D eigenvalue weighted by Crippen LogP contribution is -2.63. The number of hydrogen-bond acceptors (Lipinski definition) is 4. The lowest BCUT2D eigenvalue weighted by atomic mass is 9.44. The van der Waals surface area contributed by atoms with Crippen molar-refractivity contribution in [3.63, 3.8) is 0 Å². The quantitative estimate of drug-likeness (QED) is 0.465. The summed E-state index contributed by atoms with van der Waals surface area (Å²) in [7, 11) is 0. The molecular weight excluding hydrogens is 448 g/mol. The van der Waals surface area contributed by atoms with Crippen molar-refractivity contribution in [1.29, 1.82) is 0 Å². The third-order valence-electron chi connectivity index (χ3n) is 9.53. The van der Waals surface area contributed by atoms with Gasteiger partial charge in [-0.1, -0.05) is 39.0 Å². The zero-order chi connectivity index (χ0) is 25.4. The molecule has 6 rings (SSSR count). The zero-order valence-electron chi connectivity index (χ0n) is 22.2. The van der Waals surface area contributed by atoms with Gasteiger partial charge in [-0.2, -0.15) is 0 Å². The van der Waals surface area contributed by atoms with Gasteiger partial charge in [-0.25, -0.2) is 4.79 Å². The highest BCUT2D eigenvalue weighted by Gasteiger charge is 2.58. The number of carbonyl (C=O) groups is 2. The van der Waals surface area contributed by atoms with E-state index < -0.39 is 0 Å². The summed E-state index contributed by atoms with van der Waals surface area (Å²) in [5.41, 5.74) is 2.91. The second-order valence-electron chi connectivity index (χ2n) is 11.6. The minimum Gasteiger partial charge on any atom is -0.462 e. The molecule has 1 saturated heterocycles. The van der Waals surface area contributed by atoms with Gasteiger partial charge in [0.05, 0.1) is 12.2 Å². The Hall–Kier alpha value is -2.82. The Balaban J connectivity index is 1.32. The van der Waals surface area contributed by atoms with Crippen molar-refractivity contribution in [2.24, 2.45) is 23.2 Å². The molecule has 1 amide bonds. The van der Waals surface area contributed by atoms with E-state index in [9.17, 15) is 9.59 Å². The molecule has 2 aromatic rings. The molecule has 1 heterocycles. The van der Waals surface area contributed by atoms with Crippen molar-refractivity contribution in [2.75, 3.05) is 24.6 Å². The fraction of sp³-hybridized carbons (Fsp3) is 0.548. The first-order valence-corrected chi connectivity index (χ1v) is 13.7. The van der Waals surface area contributed by atoms with Gasteiger partial charge in [-0.05, 0) is 92.2 Å².